The maximum Gasteiger partial charge on any atom is 0.410 e. The van der Waals surface area contributed by atoms with E-state index >= 15 is 0 Å². The van der Waals surface area contributed by atoms with Crippen molar-refractivity contribution in [1.29, 1.82) is 0 Å². The molecule has 1 saturated heterocycles. The van der Waals surface area contributed by atoms with Crippen LogP contribution in [-0.4, -0.2) is 71.6 Å². The van der Waals surface area contributed by atoms with Gasteiger partial charge in [-0.2, -0.15) is 0 Å². The molecule has 0 spiro atoms. The van der Waals surface area contributed by atoms with E-state index in [-0.39, 0.29) is 25.0 Å². The van der Waals surface area contributed by atoms with Gasteiger partial charge in [-0.05, 0) is 63.1 Å². The molecular weight excluding hydrogens is 538 g/mol. The number of esters is 1. The van der Waals surface area contributed by atoms with Gasteiger partial charge < -0.3 is 24.4 Å². The zero-order valence-corrected chi connectivity index (χ0v) is 25.0. The highest BCUT2D eigenvalue weighted by Crippen LogP contribution is 2.36. The molecule has 226 valence electrons. The number of likely N-dealkylation sites (N-methyl/N-ethyl adjacent to an activating group) is 1. The first kappa shape index (κ1) is 31.0. The van der Waals surface area contributed by atoms with Gasteiger partial charge in [0.1, 0.15) is 24.3 Å². The molecule has 42 heavy (non-hydrogen) atoms. The number of nitrogens with one attached hydrogen (secondary N) is 1. The van der Waals surface area contributed by atoms with Crippen LogP contribution in [0.5, 0.6) is 0 Å². The lowest BCUT2D eigenvalue weighted by atomic mass is 9.90. The lowest BCUT2D eigenvalue weighted by Crippen LogP contribution is -2.57. The first-order valence-electron chi connectivity index (χ1n) is 14.4. The van der Waals surface area contributed by atoms with Crippen LogP contribution in [0.4, 0.5) is 4.79 Å². The second-order valence-electron chi connectivity index (χ2n) is 11.9. The number of nitrogens with zero attached hydrogens (tertiary/aromatic N) is 2. The molecule has 3 amide bonds. The first-order valence-corrected chi connectivity index (χ1v) is 14.4. The summed E-state index contributed by atoms with van der Waals surface area (Å²) < 4.78 is 16.6. The topological polar surface area (TPSA) is 114 Å². The van der Waals surface area contributed by atoms with E-state index in [9.17, 15) is 19.2 Å². The number of amides is 3. The van der Waals surface area contributed by atoms with Crippen LogP contribution >= 0.6 is 0 Å². The van der Waals surface area contributed by atoms with Crippen molar-refractivity contribution in [2.45, 2.75) is 77.4 Å². The third kappa shape index (κ3) is 7.47. The van der Waals surface area contributed by atoms with Crippen LogP contribution < -0.4 is 5.32 Å². The molecule has 2 unspecified atom stereocenters. The summed E-state index contributed by atoms with van der Waals surface area (Å²) in [7, 11) is 1.49. The van der Waals surface area contributed by atoms with Crippen LogP contribution in [0, 0.1) is 5.92 Å². The van der Waals surface area contributed by atoms with Crippen molar-refractivity contribution < 1.29 is 33.4 Å². The number of carbonyl (C=O) groups is 4. The van der Waals surface area contributed by atoms with E-state index in [0.29, 0.717) is 31.6 Å². The zero-order valence-electron chi connectivity index (χ0n) is 25.0. The van der Waals surface area contributed by atoms with E-state index < -0.39 is 41.7 Å². The molecule has 3 atom stereocenters. The number of hydrogen-bond donors (Lipinski definition) is 1. The Balaban J connectivity index is 1.56. The highest BCUT2D eigenvalue weighted by atomic mass is 16.6. The molecule has 1 fully saturated rings. The van der Waals surface area contributed by atoms with Crippen molar-refractivity contribution in [2.24, 2.45) is 5.92 Å². The second kappa shape index (κ2) is 13.4. The molecule has 0 aliphatic carbocycles. The molecule has 0 radical (unpaired) electrons. The number of ether oxygens (including phenoxy) is 3. The lowest BCUT2D eigenvalue weighted by molar-refractivity contribution is -0.158. The number of hydrogen-bond acceptors (Lipinski definition) is 7. The third-order valence-electron chi connectivity index (χ3n) is 7.68. The Labute approximate surface area is 247 Å². The van der Waals surface area contributed by atoms with Gasteiger partial charge >= 0.3 is 12.1 Å². The standard InChI is InChI=1S/C32H41N3O7/c1-21(34(5)31(39)42-32(2,3)4)28(36)33-26(23-15-17-40-18-16-23)29(37)35-19-24-13-9-10-14-25(24)27(35)30(38)41-20-22-11-7-6-8-12-22/h6-14,21,23,26-27H,15-20H2,1-5H3,(H,33,36)/t21-,26?,27?/m0/s1. The molecule has 1 N–H and O–H groups in total. The van der Waals surface area contributed by atoms with Crippen LogP contribution in [0.1, 0.15) is 63.3 Å². The molecule has 0 saturated carbocycles. The Morgan fingerprint density at radius 3 is 2.33 bits per heavy atom. The molecule has 0 aromatic heterocycles. The van der Waals surface area contributed by atoms with Gasteiger partial charge in [0, 0.05) is 26.8 Å². The SMILES string of the molecule is C[C@@H](C(=O)NC(C(=O)N1Cc2ccccc2C1C(=O)OCc1ccccc1)C1CCOCC1)N(C)C(=O)OC(C)(C)C. The number of fused-ring (bicyclic) bond motifs is 1. The number of rotatable bonds is 8. The van der Waals surface area contributed by atoms with Gasteiger partial charge in [-0.15, -0.1) is 0 Å². The van der Waals surface area contributed by atoms with Crippen molar-refractivity contribution in [1.82, 2.24) is 15.1 Å². The van der Waals surface area contributed by atoms with Gasteiger partial charge in [-0.25, -0.2) is 9.59 Å². The number of carbonyl (C=O) groups excluding carboxylic acids is 4. The minimum Gasteiger partial charge on any atom is -0.459 e. The average Bonchev–Trinajstić information content (AvgIpc) is 3.37. The Hall–Kier alpha value is -3.92. The van der Waals surface area contributed by atoms with E-state index in [4.69, 9.17) is 14.2 Å². The summed E-state index contributed by atoms with van der Waals surface area (Å²) in [5.41, 5.74) is 1.67. The second-order valence-corrected chi connectivity index (χ2v) is 11.9. The summed E-state index contributed by atoms with van der Waals surface area (Å²) in [5, 5.41) is 2.92. The van der Waals surface area contributed by atoms with Gasteiger partial charge in [0.05, 0.1) is 0 Å². The normalized spacial score (nSPS) is 18.4. The van der Waals surface area contributed by atoms with E-state index in [1.807, 2.05) is 54.6 Å². The van der Waals surface area contributed by atoms with Gasteiger partial charge in [-0.1, -0.05) is 54.6 Å². The minimum atomic E-state index is -0.946. The number of benzene rings is 2. The van der Waals surface area contributed by atoms with Crippen molar-refractivity contribution in [3.63, 3.8) is 0 Å². The highest BCUT2D eigenvalue weighted by Gasteiger charge is 2.44. The molecule has 10 heteroatoms. The maximum absolute atomic E-state index is 14.3. The molecular formula is C32H41N3O7. The smallest absolute Gasteiger partial charge is 0.410 e. The van der Waals surface area contributed by atoms with Crippen molar-refractivity contribution in [3.05, 3.63) is 71.3 Å². The van der Waals surface area contributed by atoms with Crippen molar-refractivity contribution in [3.8, 4) is 0 Å². The Morgan fingerprint density at radius 2 is 1.67 bits per heavy atom. The monoisotopic (exact) mass is 579 g/mol. The predicted octanol–water partition coefficient (Wildman–Crippen LogP) is 3.98. The highest BCUT2D eigenvalue weighted by molar-refractivity contribution is 5.94. The van der Waals surface area contributed by atoms with Gasteiger partial charge in [0.15, 0.2) is 6.04 Å². The fourth-order valence-corrected chi connectivity index (χ4v) is 5.21. The molecule has 4 rings (SSSR count). The summed E-state index contributed by atoms with van der Waals surface area (Å²) in [6.45, 7) is 8.04. The molecule has 2 aliphatic heterocycles. The van der Waals surface area contributed by atoms with Crippen molar-refractivity contribution >= 4 is 23.9 Å². The summed E-state index contributed by atoms with van der Waals surface area (Å²) >= 11 is 0. The quantitative estimate of drug-likeness (QED) is 0.471. The zero-order chi connectivity index (χ0) is 30.4. The average molecular weight is 580 g/mol. The van der Waals surface area contributed by atoms with Crippen LogP contribution in [-0.2, 0) is 41.7 Å². The van der Waals surface area contributed by atoms with Crippen LogP contribution in [0.25, 0.3) is 0 Å². The molecule has 2 heterocycles. The summed E-state index contributed by atoms with van der Waals surface area (Å²) in [6.07, 6.45) is 0.489. The van der Waals surface area contributed by atoms with Gasteiger partial charge in [0.25, 0.3) is 0 Å². The summed E-state index contributed by atoms with van der Waals surface area (Å²) in [5.74, 6) is -1.61. The Kier molecular flexibility index (Phi) is 9.88. The third-order valence-corrected chi connectivity index (χ3v) is 7.68. The minimum absolute atomic E-state index is 0.0784. The maximum atomic E-state index is 14.3. The molecule has 2 aliphatic rings. The van der Waals surface area contributed by atoms with Gasteiger partial charge in [0.2, 0.25) is 11.8 Å². The van der Waals surface area contributed by atoms with Crippen molar-refractivity contribution in [2.75, 3.05) is 20.3 Å². The largest absolute Gasteiger partial charge is 0.459 e. The van der Waals surface area contributed by atoms with Crippen LogP contribution in [0.15, 0.2) is 54.6 Å². The first-order chi connectivity index (χ1) is 20.0. The molecule has 0 bridgehead atoms. The predicted molar refractivity (Wildman–Crippen MR) is 155 cm³/mol. The summed E-state index contributed by atoms with van der Waals surface area (Å²) in [6, 6.07) is 14.0. The van der Waals surface area contributed by atoms with E-state index in [1.54, 1.807) is 27.7 Å². The van der Waals surface area contributed by atoms with Crippen LogP contribution in [0.3, 0.4) is 0 Å². The Morgan fingerprint density at radius 1 is 1.02 bits per heavy atom. The van der Waals surface area contributed by atoms with Gasteiger partial charge in [-0.3, -0.25) is 14.5 Å². The fourth-order valence-electron chi connectivity index (χ4n) is 5.21. The lowest BCUT2D eigenvalue weighted by Gasteiger charge is -2.35. The van der Waals surface area contributed by atoms with Crippen LogP contribution in [0.2, 0.25) is 0 Å². The molecule has 2 aromatic carbocycles. The van der Waals surface area contributed by atoms with E-state index in [2.05, 4.69) is 5.32 Å². The molecule has 10 nitrogen and oxygen atoms in total. The Bertz CT molecular complexity index is 1270. The van der Waals surface area contributed by atoms with E-state index in [0.717, 1.165) is 11.1 Å². The van der Waals surface area contributed by atoms with E-state index in [1.165, 1.54) is 16.8 Å². The molecule has 2 aromatic rings. The summed E-state index contributed by atoms with van der Waals surface area (Å²) in [4.78, 5) is 56.6. The fraction of sp³-hybridized carbons (Fsp3) is 0.500.